The topological polar surface area (TPSA) is 83.5 Å². The Balaban J connectivity index is 2.38. The lowest BCUT2D eigenvalue weighted by Crippen LogP contribution is -2.29. The number of hydrogen-bond acceptors (Lipinski definition) is 3. The molecule has 0 bridgehead atoms. The van der Waals surface area contributed by atoms with Crippen LogP contribution in [0, 0.1) is 0 Å². The Morgan fingerprint density at radius 1 is 1.38 bits per heavy atom. The second-order valence-corrected chi connectivity index (χ2v) is 4.10. The Bertz CT molecular complexity index is 659. The molecule has 84 valence electrons. The van der Waals surface area contributed by atoms with Crippen LogP contribution in [0.2, 0.25) is 0 Å². The van der Waals surface area contributed by atoms with Gasteiger partial charge in [-0.2, -0.15) is 0 Å². The Morgan fingerprint density at radius 2 is 2.12 bits per heavy atom. The predicted octanol–water partition coefficient (Wildman–Crippen LogP) is 0.310. The van der Waals surface area contributed by atoms with Crippen molar-refractivity contribution < 1.29 is 0 Å². The highest BCUT2D eigenvalue weighted by Gasteiger charge is 2.27. The number of rotatable bonds is 2. The van der Waals surface area contributed by atoms with Crippen molar-refractivity contribution in [1.82, 2.24) is 19.5 Å². The van der Waals surface area contributed by atoms with Gasteiger partial charge in [-0.05, 0) is 19.8 Å². The van der Waals surface area contributed by atoms with Gasteiger partial charge in [-0.15, -0.1) is 0 Å². The van der Waals surface area contributed by atoms with E-state index in [0.717, 1.165) is 18.7 Å². The van der Waals surface area contributed by atoms with E-state index >= 15 is 0 Å². The number of fused-ring (bicyclic) bond motifs is 1. The van der Waals surface area contributed by atoms with Gasteiger partial charge >= 0.3 is 5.69 Å². The first kappa shape index (κ1) is 9.38. The molecular formula is C10H12N4O2. The molecular weight excluding hydrogens is 208 g/mol. The van der Waals surface area contributed by atoms with Crippen LogP contribution in [0.15, 0.2) is 9.59 Å². The Labute approximate surface area is 90.3 Å². The maximum absolute atomic E-state index is 11.6. The van der Waals surface area contributed by atoms with Gasteiger partial charge < -0.3 is 4.98 Å². The fraction of sp³-hybridized carbons (Fsp3) is 0.500. The van der Waals surface area contributed by atoms with Crippen LogP contribution in [0.5, 0.6) is 0 Å². The van der Waals surface area contributed by atoms with Gasteiger partial charge in [0, 0.05) is 12.5 Å². The van der Waals surface area contributed by atoms with Crippen LogP contribution in [-0.2, 0) is 6.54 Å². The molecule has 0 saturated heterocycles. The van der Waals surface area contributed by atoms with Crippen molar-refractivity contribution in [3.8, 4) is 0 Å². The lowest BCUT2D eigenvalue weighted by atomic mass is 10.4. The number of imidazole rings is 1. The summed E-state index contributed by atoms with van der Waals surface area (Å²) in [7, 11) is 0. The summed E-state index contributed by atoms with van der Waals surface area (Å²) in [5, 5.41) is 0. The van der Waals surface area contributed by atoms with E-state index in [1.807, 2.05) is 6.92 Å². The van der Waals surface area contributed by atoms with Crippen molar-refractivity contribution in [3.63, 3.8) is 0 Å². The van der Waals surface area contributed by atoms with E-state index in [-0.39, 0.29) is 5.56 Å². The summed E-state index contributed by atoms with van der Waals surface area (Å²) in [5.41, 5.74) is 0.0967. The SMILES string of the molecule is CCn1c(=O)[nH]c(=O)c2[nH]c(C3CC3)nc21. The number of hydrogen-bond donors (Lipinski definition) is 2. The normalized spacial score (nSPS) is 15.8. The molecule has 2 aromatic rings. The number of aryl methyl sites for hydroxylation is 1. The molecule has 6 heteroatoms. The summed E-state index contributed by atoms with van der Waals surface area (Å²) < 4.78 is 1.47. The molecule has 3 rings (SSSR count). The average molecular weight is 220 g/mol. The molecule has 16 heavy (non-hydrogen) atoms. The van der Waals surface area contributed by atoms with Gasteiger partial charge in [0.15, 0.2) is 5.65 Å². The lowest BCUT2D eigenvalue weighted by Gasteiger charge is -1.99. The molecule has 2 N–H and O–H groups in total. The van der Waals surface area contributed by atoms with E-state index in [2.05, 4.69) is 15.0 Å². The van der Waals surface area contributed by atoms with E-state index in [9.17, 15) is 9.59 Å². The smallest absolute Gasteiger partial charge is 0.330 e. The Morgan fingerprint density at radius 3 is 2.75 bits per heavy atom. The average Bonchev–Trinajstić information content (AvgIpc) is 2.99. The van der Waals surface area contributed by atoms with E-state index in [1.54, 1.807) is 0 Å². The maximum Gasteiger partial charge on any atom is 0.330 e. The molecule has 0 aliphatic heterocycles. The molecule has 1 aliphatic rings. The molecule has 0 unspecified atom stereocenters. The maximum atomic E-state index is 11.6. The summed E-state index contributed by atoms with van der Waals surface area (Å²) in [6, 6.07) is 0. The molecule has 2 aromatic heterocycles. The second kappa shape index (κ2) is 3.07. The number of aromatic amines is 2. The Hall–Kier alpha value is -1.85. The van der Waals surface area contributed by atoms with Gasteiger partial charge in [-0.25, -0.2) is 9.78 Å². The van der Waals surface area contributed by atoms with Gasteiger partial charge in [-0.1, -0.05) is 0 Å². The lowest BCUT2D eigenvalue weighted by molar-refractivity contribution is 0.718. The number of aromatic nitrogens is 4. The van der Waals surface area contributed by atoms with Gasteiger partial charge in [0.25, 0.3) is 5.56 Å². The summed E-state index contributed by atoms with van der Waals surface area (Å²) in [6.45, 7) is 2.35. The van der Waals surface area contributed by atoms with Crippen molar-refractivity contribution in [1.29, 1.82) is 0 Å². The zero-order valence-corrected chi connectivity index (χ0v) is 8.91. The van der Waals surface area contributed by atoms with Gasteiger partial charge in [0.05, 0.1) is 0 Å². The van der Waals surface area contributed by atoms with E-state index in [1.165, 1.54) is 4.57 Å². The van der Waals surface area contributed by atoms with Crippen LogP contribution in [0.1, 0.15) is 31.5 Å². The number of H-pyrrole nitrogens is 2. The Kier molecular flexibility index (Phi) is 1.80. The molecule has 2 heterocycles. The fourth-order valence-corrected chi connectivity index (χ4v) is 1.90. The largest absolute Gasteiger partial charge is 0.336 e. The van der Waals surface area contributed by atoms with Crippen molar-refractivity contribution in [2.75, 3.05) is 0 Å². The van der Waals surface area contributed by atoms with E-state index < -0.39 is 5.69 Å². The van der Waals surface area contributed by atoms with Gasteiger partial charge in [0.1, 0.15) is 11.3 Å². The van der Waals surface area contributed by atoms with Crippen molar-refractivity contribution in [2.24, 2.45) is 0 Å². The summed E-state index contributed by atoms with van der Waals surface area (Å²) in [5.74, 6) is 1.26. The highest BCUT2D eigenvalue weighted by atomic mass is 16.2. The minimum Gasteiger partial charge on any atom is -0.336 e. The molecule has 1 aliphatic carbocycles. The van der Waals surface area contributed by atoms with Crippen LogP contribution in [0.4, 0.5) is 0 Å². The molecule has 0 spiro atoms. The van der Waals surface area contributed by atoms with Crippen molar-refractivity contribution in [2.45, 2.75) is 32.2 Å². The van der Waals surface area contributed by atoms with E-state index in [4.69, 9.17) is 0 Å². The van der Waals surface area contributed by atoms with Crippen LogP contribution in [0.3, 0.4) is 0 Å². The summed E-state index contributed by atoms with van der Waals surface area (Å²) >= 11 is 0. The molecule has 0 radical (unpaired) electrons. The van der Waals surface area contributed by atoms with Crippen LogP contribution in [0.25, 0.3) is 11.2 Å². The van der Waals surface area contributed by atoms with Gasteiger partial charge in [-0.3, -0.25) is 14.3 Å². The van der Waals surface area contributed by atoms with Crippen LogP contribution >= 0.6 is 0 Å². The van der Waals surface area contributed by atoms with E-state index in [0.29, 0.717) is 23.6 Å². The quantitative estimate of drug-likeness (QED) is 0.764. The second-order valence-electron chi connectivity index (χ2n) is 4.10. The minimum atomic E-state index is -0.395. The third kappa shape index (κ3) is 1.22. The first-order valence-corrected chi connectivity index (χ1v) is 5.43. The number of nitrogens with one attached hydrogen (secondary N) is 2. The third-order valence-electron chi connectivity index (χ3n) is 2.93. The van der Waals surface area contributed by atoms with Crippen molar-refractivity contribution >= 4 is 11.2 Å². The molecule has 0 amide bonds. The standard InChI is InChI=1S/C10H12N4O2/c1-2-14-8-6(9(15)13-10(14)16)11-7(12-8)5-3-4-5/h5H,2-4H2,1H3,(H,11,12)(H,13,15,16). The first-order chi connectivity index (χ1) is 7.70. The first-order valence-electron chi connectivity index (χ1n) is 5.43. The van der Waals surface area contributed by atoms with Gasteiger partial charge in [0.2, 0.25) is 0 Å². The summed E-state index contributed by atoms with van der Waals surface area (Å²) in [4.78, 5) is 32.8. The van der Waals surface area contributed by atoms with Crippen molar-refractivity contribution in [3.05, 3.63) is 26.7 Å². The molecule has 0 atom stereocenters. The van der Waals surface area contributed by atoms with Crippen LogP contribution < -0.4 is 11.2 Å². The number of nitrogens with zero attached hydrogens (tertiary/aromatic N) is 2. The highest BCUT2D eigenvalue weighted by Crippen LogP contribution is 2.38. The molecule has 1 saturated carbocycles. The van der Waals surface area contributed by atoms with Crippen LogP contribution in [-0.4, -0.2) is 19.5 Å². The summed E-state index contributed by atoms with van der Waals surface area (Å²) in [6.07, 6.45) is 2.21. The molecule has 0 aromatic carbocycles. The zero-order valence-electron chi connectivity index (χ0n) is 8.91. The highest BCUT2D eigenvalue weighted by molar-refractivity contribution is 5.69. The monoisotopic (exact) mass is 220 g/mol. The zero-order chi connectivity index (χ0) is 11.3. The third-order valence-corrected chi connectivity index (χ3v) is 2.93. The minimum absolute atomic E-state index is 0.385. The predicted molar refractivity (Wildman–Crippen MR) is 58.6 cm³/mol. The fourth-order valence-electron chi connectivity index (χ4n) is 1.90. The molecule has 1 fully saturated rings. The molecule has 6 nitrogen and oxygen atoms in total.